The molecule has 2 aromatic carbocycles. The number of rotatable bonds is 7. The van der Waals surface area contributed by atoms with E-state index >= 15 is 0 Å². The predicted molar refractivity (Wildman–Crippen MR) is 128 cm³/mol. The third kappa shape index (κ3) is 4.75. The van der Waals surface area contributed by atoms with E-state index in [0.29, 0.717) is 16.1 Å². The van der Waals surface area contributed by atoms with Gasteiger partial charge in [-0.05, 0) is 43.0 Å². The Kier molecular flexibility index (Phi) is 6.42. The van der Waals surface area contributed by atoms with Crippen LogP contribution in [0.1, 0.15) is 18.9 Å². The molecule has 1 unspecified atom stereocenters. The molecular formula is C25H25ClN4O2. The third-order valence-corrected chi connectivity index (χ3v) is 5.78. The molecule has 6 nitrogen and oxygen atoms in total. The molecule has 1 amide bonds. The summed E-state index contributed by atoms with van der Waals surface area (Å²) in [6.45, 7) is 1.90. The zero-order chi connectivity index (χ0) is 22.7. The van der Waals surface area contributed by atoms with Gasteiger partial charge in [0.05, 0.1) is 6.33 Å². The van der Waals surface area contributed by atoms with Gasteiger partial charge in [0.25, 0.3) is 5.56 Å². The number of nitrogens with zero attached hydrogens (tertiary/aromatic N) is 3. The Bertz CT molecular complexity index is 1290. The van der Waals surface area contributed by atoms with Crippen molar-refractivity contribution in [2.24, 2.45) is 7.05 Å². The standard InChI is InChI=1S/C25H25ClN4O2/c1-17(8-9-18-6-4-3-5-7-18)28-22(31)15-30-16-27-23-21(14-29(2)24(23)25(30)32)19-10-12-20(26)13-11-19/h3-7,10-14,16-17H,8-9,15H2,1-2H3,(H,28,31). The highest BCUT2D eigenvalue weighted by Crippen LogP contribution is 2.28. The first-order chi connectivity index (χ1) is 15.4. The van der Waals surface area contributed by atoms with Crippen LogP contribution >= 0.6 is 11.6 Å². The number of nitrogens with one attached hydrogen (secondary N) is 1. The van der Waals surface area contributed by atoms with Gasteiger partial charge in [0.2, 0.25) is 5.91 Å². The van der Waals surface area contributed by atoms with E-state index in [1.54, 1.807) is 23.7 Å². The highest BCUT2D eigenvalue weighted by molar-refractivity contribution is 6.30. The van der Waals surface area contributed by atoms with Crippen LogP contribution in [-0.4, -0.2) is 26.1 Å². The minimum atomic E-state index is -0.246. The largest absolute Gasteiger partial charge is 0.352 e. The van der Waals surface area contributed by atoms with Gasteiger partial charge in [0, 0.05) is 29.9 Å². The first-order valence-electron chi connectivity index (χ1n) is 10.6. The molecule has 2 aromatic heterocycles. The van der Waals surface area contributed by atoms with Crippen LogP contribution in [0.2, 0.25) is 5.02 Å². The molecule has 0 spiro atoms. The normalized spacial score (nSPS) is 12.1. The maximum Gasteiger partial charge on any atom is 0.278 e. The summed E-state index contributed by atoms with van der Waals surface area (Å²) in [5.74, 6) is -0.207. The van der Waals surface area contributed by atoms with Gasteiger partial charge in [-0.25, -0.2) is 4.98 Å². The van der Waals surface area contributed by atoms with Crippen LogP contribution in [0.4, 0.5) is 0 Å². The lowest BCUT2D eigenvalue weighted by molar-refractivity contribution is -0.122. The molecule has 4 aromatic rings. The molecule has 0 saturated carbocycles. The van der Waals surface area contributed by atoms with Gasteiger partial charge in [-0.1, -0.05) is 54.1 Å². The van der Waals surface area contributed by atoms with Crippen molar-refractivity contribution in [1.82, 2.24) is 19.4 Å². The number of halogens is 1. The van der Waals surface area contributed by atoms with Crippen molar-refractivity contribution in [3.8, 4) is 11.1 Å². The van der Waals surface area contributed by atoms with E-state index < -0.39 is 0 Å². The molecule has 0 fully saturated rings. The van der Waals surface area contributed by atoms with Gasteiger partial charge < -0.3 is 9.88 Å². The van der Waals surface area contributed by atoms with Crippen molar-refractivity contribution < 1.29 is 4.79 Å². The zero-order valence-electron chi connectivity index (χ0n) is 18.1. The molecule has 32 heavy (non-hydrogen) atoms. The molecule has 0 aliphatic carbocycles. The van der Waals surface area contributed by atoms with E-state index in [4.69, 9.17) is 11.6 Å². The second-order valence-corrected chi connectivity index (χ2v) is 8.46. The van der Waals surface area contributed by atoms with E-state index in [-0.39, 0.29) is 24.1 Å². The third-order valence-electron chi connectivity index (χ3n) is 5.53. The van der Waals surface area contributed by atoms with Gasteiger partial charge in [-0.3, -0.25) is 14.2 Å². The Morgan fingerprint density at radius 1 is 1.12 bits per heavy atom. The minimum absolute atomic E-state index is 0.00152. The van der Waals surface area contributed by atoms with Crippen LogP contribution in [0, 0.1) is 0 Å². The SMILES string of the molecule is CC(CCc1ccccc1)NC(=O)Cn1cnc2c(-c3ccc(Cl)cc3)cn(C)c2c1=O. The Balaban J connectivity index is 1.48. The van der Waals surface area contributed by atoms with Crippen LogP contribution in [0.3, 0.4) is 0 Å². The number of carbonyl (C=O) groups excluding carboxylic acids is 1. The molecule has 4 rings (SSSR count). The van der Waals surface area contributed by atoms with Crippen molar-refractivity contribution in [2.45, 2.75) is 32.4 Å². The van der Waals surface area contributed by atoms with Crippen LogP contribution in [0.5, 0.6) is 0 Å². The fraction of sp³-hybridized carbons (Fsp3) is 0.240. The van der Waals surface area contributed by atoms with Crippen LogP contribution in [0.25, 0.3) is 22.2 Å². The van der Waals surface area contributed by atoms with Gasteiger partial charge >= 0.3 is 0 Å². The summed E-state index contributed by atoms with van der Waals surface area (Å²) >= 11 is 5.99. The lowest BCUT2D eigenvalue weighted by atomic mass is 10.1. The highest BCUT2D eigenvalue weighted by Gasteiger charge is 2.16. The smallest absolute Gasteiger partial charge is 0.278 e. The summed E-state index contributed by atoms with van der Waals surface area (Å²) in [6, 6.07) is 17.6. The number of hydrogen-bond acceptors (Lipinski definition) is 3. The lowest BCUT2D eigenvalue weighted by Gasteiger charge is -2.14. The molecule has 7 heteroatoms. The number of fused-ring (bicyclic) bond motifs is 1. The van der Waals surface area contributed by atoms with Gasteiger partial charge in [0.1, 0.15) is 17.6 Å². The molecule has 2 heterocycles. The fourth-order valence-electron chi connectivity index (χ4n) is 3.84. The summed E-state index contributed by atoms with van der Waals surface area (Å²) in [5, 5.41) is 3.63. The van der Waals surface area contributed by atoms with E-state index in [0.717, 1.165) is 24.0 Å². The second-order valence-electron chi connectivity index (χ2n) is 8.03. The van der Waals surface area contributed by atoms with E-state index in [2.05, 4.69) is 22.4 Å². The molecule has 164 valence electrons. The van der Waals surface area contributed by atoms with Gasteiger partial charge in [-0.15, -0.1) is 0 Å². The molecule has 0 aliphatic rings. The zero-order valence-corrected chi connectivity index (χ0v) is 18.8. The van der Waals surface area contributed by atoms with Crippen molar-refractivity contribution in [1.29, 1.82) is 0 Å². The first kappa shape index (κ1) is 21.8. The Morgan fingerprint density at radius 3 is 2.56 bits per heavy atom. The number of carbonyl (C=O) groups is 1. The summed E-state index contributed by atoms with van der Waals surface area (Å²) in [6.07, 6.45) is 5.02. The predicted octanol–water partition coefficient (Wildman–Crippen LogP) is 4.19. The Labute approximate surface area is 191 Å². The van der Waals surface area contributed by atoms with Gasteiger partial charge in [0.15, 0.2) is 0 Å². The van der Waals surface area contributed by atoms with Crippen LogP contribution in [-0.2, 0) is 24.8 Å². The number of benzene rings is 2. The number of aromatic nitrogens is 3. The first-order valence-corrected chi connectivity index (χ1v) is 10.9. The summed E-state index contributed by atoms with van der Waals surface area (Å²) < 4.78 is 3.11. The molecule has 1 N–H and O–H groups in total. The Hall–Kier alpha value is -3.38. The fourth-order valence-corrected chi connectivity index (χ4v) is 3.97. The van der Waals surface area contributed by atoms with Crippen molar-refractivity contribution >= 4 is 28.5 Å². The van der Waals surface area contributed by atoms with E-state index in [1.807, 2.05) is 43.5 Å². The Morgan fingerprint density at radius 2 is 1.84 bits per heavy atom. The van der Waals surface area contributed by atoms with Crippen LogP contribution in [0.15, 0.2) is 71.9 Å². The second kappa shape index (κ2) is 9.40. The molecule has 0 bridgehead atoms. The van der Waals surface area contributed by atoms with E-state index in [9.17, 15) is 9.59 Å². The minimum Gasteiger partial charge on any atom is -0.352 e. The monoisotopic (exact) mass is 448 g/mol. The summed E-state index contributed by atoms with van der Waals surface area (Å²) in [7, 11) is 1.81. The van der Waals surface area contributed by atoms with Gasteiger partial charge in [-0.2, -0.15) is 0 Å². The quantitative estimate of drug-likeness (QED) is 0.461. The molecule has 0 radical (unpaired) electrons. The summed E-state index contributed by atoms with van der Waals surface area (Å²) in [5.41, 5.74) is 3.83. The number of hydrogen-bond donors (Lipinski definition) is 1. The van der Waals surface area contributed by atoms with E-state index in [1.165, 1.54) is 16.5 Å². The molecule has 0 saturated heterocycles. The highest BCUT2D eigenvalue weighted by atomic mass is 35.5. The number of amides is 1. The maximum absolute atomic E-state index is 13.1. The molecule has 1 atom stereocenters. The topological polar surface area (TPSA) is 68.9 Å². The van der Waals surface area contributed by atoms with Crippen LogP contribution < -0.4 is 10.9 Å². The average Bonchev–Trinajstić information content (AvgIpc) is 3.12. The van der Waals surface area contributed by atoms with Crippen molar-refractivity contribution in [3.63, 3.8) is 0 Å². The van der Waals surface area contributed by atoms with Crippen molar-refractivity contribution in [2.75, 3.05) is 0 Å². The maximum atomic E-state index is 13.1. The lowest BCUT2D eigenvalue weighted by Crippen LogP contribution is -2.37. The molecular weight excluding hydrogens is 424 g/mol. The number of aryl methyl sites for hydroxylation is 2. The molecule has 0 aliphatic heterocycles. The van der Waals surface area contributed by atoms with Crippen molar-refractivity contribution in [3.05, 3.63) is 88.1 Å². The summed E-state index contributed by atoms with van der Waals surface area (Å²) in [4.78, 5) is 30.1. The average molecular weight is 449 g/mol.